The number of nitrogens with one attached hydrogen (secondary N) is 1. The van der Waals surface area contributed by atoms with Crippen LogP contribution in [0.15, 0.2) is 59.4 Å². The van der Waals surface area contributed by atoms with Crippen LogP contribution in [0.4, 0.5) is 0 Å². The van der Waals surface area contributed by atoms with E-state index < -0.39 is 0 Å². The SMILES string of the molecule is Cc1noc(-c2cc3cc(-c4cc(C(=O)N5CCC(c6ccncc6)C5)nn4C)ccc3[nH]2)n1. The van der Waals surface area contributed by atoms with Crippen molar-refractivity contribution in [1.82, 2.24) is 34.8 Å². The molecule has 1 aliphatic heterocycles. The average molecular weight is 454 g/mol. The summed E-state index contributed by atoms with van der Waals surface area (Å²) >= 11 is 0. The molecule has 0 bridgehead atoms. The summed E-state index contributed by atoms with van der Waals surface area (Å²) in [5, 5.41) is 9.41. The molecule has 0 radical (unpaired) electrons. The summed E-state index contributed by atoms with van der Waals surface area (Å²) in [6, 6.07) is 14.0. The Labute approximate surface area is 195 Å². The number of hydrogen-bond donors (Lipinski definition) is 1. The van der Waals surface area contributed by atoms with Crippen molar-refractivity contribution < 1.29 is 9.32 Å². The number of aryl methyl sites for hydroxylation is 2. The summed E-state index contributed by atoms with van der Waals surface area (Å²) in [5.74, 6) is 1.35. The molecule has 1 N–H and O–H groups in total. The van der Waals surface area contributed by atoms with Crippen LogP contribution in [-0.4, -0.2) is 53.8 Å². The third-order valence-corrected chi connectivity index (χ3v) is 6.43. The van der Waals surface area contributed by atoms with Crippen molar-refractivity contribution in [2.75, 3.05) is 13.1 Å². The van der Waals surface area contributed by atoms with Crippen LogP contribution in [0.5, 0.6) is 0 Å². The molecule has 0 spiro atoms. The molecule has 4 aromatic heterocycles. The number of aromatic amines is 1. The van der Waals surface area contributed by atoms with Gasteiger partial charge in [-0.05, 0) is 55.3 Å². The molecule has 1 saturated heterocycles. The van der Waals surface area contributed by atoms with Crippen molar-refractivity contribution in [3.8, 4) is 22.8 Å². The number of pyridine rings is 1. The maximum Gasteiger partial charge on any atom is 0.274 e. The highest BCUT2D eigenvalue weighted by atomic mass is 16.5. The van der Waals surface area contributed by atoms with Crippen LogP contribution in [0, 0.1) is 6.92 Å². The molecular weight excluding hydrogens is 430 g/mol. The van der Waals surface area contributed by atoms with Crippen LogP contribution in [0.25, 0.3) is 33.7 Å². The minimum absolute atomic E-state index is 0.0322. The fourth-order valence-electron chi connectivity index (χ4n) is 4.67. The van der Waals surface area contributed by atoms with E-state index >= 15 is 0 Å². The highest BCUT2D eigenvalue weighted by molar-refractivity contribution is 5.94. The van der Waals surface area contributed by atoms with E-state index in [1.165, 1.54) is 5.56 Å². The third kappa shape index (κ3) is 3.55. The van der Waals surface area contributed by atoms with E-state index in [1.54, 1.807) is 24.0 Å². The third-order valence-electron chi connectivity index (χ3n) is 6.43. The molecule has 1 fully saturated rings. The first-order chi connectivity index (χ1) is 16.5. The standard InChI is InChI=1S/C25H23N7O2/c1-15-27-24(34-30-15)21-12-19-11-17(3-4-20(19)28-21)23-13-22(29-31(23)2)25(33)32-10-7-18(14-32)16-5-8-26-9-6-16/h3-6,8-9,11-13,18,28H,7,10,14H2,1-2H3. The summed E-state index contributed by atoms with van der Waals surface area (Å²) < 4.78 is 7.04. The average Bonchev–Trinajstić information content (AvgIpc) is 3.64. The Hall–Kier alpha value is -4.27. The minimum atomic E-state index is -0.0322. The van der Waals surface area contributed by atoms with Crippen molar-refractivity contribution in [2.45, 2.75) is 19.3 Å². The number of aromatic nitrogens is 6. The summed E-state index contributed by atoms with van der Waals surface area (Å²) in [6.45, 7) is 3.21. The maximum atomic E-state index is 13.2. The van der Waals surface area contributed by atoms with E-state index in [1.807, 2.05) is 48.3 Å². The Balaban J connectivity index is 1.25. The number of fused-ring (bicyclic) bond motifs is 1. The van der Waals surface area contributed by atoms with Gasteiger partial charge in [0.15, 0.2) is 11.5 Å². The second-order valence-electron chi connectivity index (χ2n) is 8.69. The lowest BCUT2D eigenvalue weighted by molar-refractivity contribution is 0.0784. The van der Waals surface area contributed by atoms with E-state index in [-0.39, 0.29) is 5.91 Å². The molecule has 1 atom stereocenters. The Morgan fingerprint density at radius 3 is 2.79 bits per heavy atom. The summed E-state index contributed by atoms with van der Waals surface area (Å²) in [7, 11) is 1.86. The zero-order valence-electron chi connectivity index (χ0n) is 18.9. The smallest absolute Gasteiger partial charge is 0.274 e. The lowest BCUT2D eigenvalue weighted by Crippen LogP contribution is -2.28. The van der Waals surface area contributed by atoms with Gasteiger partial charge in [-0.1, -0.05) is 11.2 Å². The van der Waals surface area contributed by atoms with E-state index in [0.29, 0.717) is 29.9 Å². The molecule has 1 aromatic carbocycles. The van der Waals surface area contributed by atoms with E-state index in [4.69, 9.17) is 4.52 Å². The largest absolute Gasteiger partial charge is 0.351 e. The fraction of sp³-hybridized carbons (Fsp3) is 0.240. The van der Waals surface area contributed by atoms with Crippen LogP contribution in [-0.2, 0) is 7.05 Å². The zero-order valence-corrected chi connectivity index (χ0v) is 18.9. The minimum Gasteiger partial charge on any atom is -0.351 e. The van der Waals surface area contributed by atoms with Crippen molar-refractivity contribution in [1.29, 1.82) is 0 Å². The molecule has 0 aliphatic carbocycles. The summed E-state index contributed by atoms with van der Waals surface area (Å²) in [4.78, 5) is 26.8. The Bertz CT molecular complexity index is 1500. The van der Waals surface area contributed by atoms with Gasteiger partial charge in [0.1, 0.15) is 5.69 Å². The first kappa shape index (κ1) is 20.3. The van der Waals surface area contributed by atoms with Gasteiger partial charge in [0.25, 0.3) is 11.8 Å². The van der Waals surface area contributed by atoms with Crippen molar-refractivity contribution in [3.63, 3.8) is 0 Å². The van der Waals surface area contributed by atoms with E-state index in [2.05, 4.69) is 31.3 Å². The van der Waals surface area contributed by atoms with E-state index in [0.717, 1.165) is 40.8 Å². The molecule has 9 heteroatoms. The maximum absolute atomic E-state index is 13.2. The van der Waals surface area contributed by atoms with E-state index in [9.17, 15) is 4.79 Å². The fourth-order valence-corrected chi connectivity index (χ4v) is 4.67. The number of amides is 1. The normalized spacial score (nSPS) is 15.9. The molecule has 9 nitrogen and oxygen atoms in total. The van der Waals surface area contributed by atoms with Crippen LogP contribution >= 0.6 is 0 Å². The molecule has 170 valence electrons. The number of carbonyl (C=O) groups is 1. The van der Waals surface area contributed by atoms with Crippen LogP contribution in [0.1, 0.15) is 34.2 Å². The van der Waals surface area contributed by atoms with Gasteiger partial charge in [0, 0.05) is 54.9 Å². The topological polar surface area (TPSA) is 106 Å². The molecular formula is C25H23N7O2. The number of nitrogens with zero attached hydrogens (tertiary/aromatic N) is 6. The summed E-state index contributed by atoms with van der Waals surface area (Å²) in [5.41, 5.74) is 5.28. The Morgan fingerprint density at radius 1 is 1.15 bits per heavy atom. The lowest BCUT2D eigenvalue weighted by atomic mass is 10.00. The monoisotopic (exact) mass is 453 g/mol. The van der Waals surface area contributed by atoms with Gasteiger partial charge < -0.3 is 14.4 Å². The van der Waals surface area contributed by atoms with Crippen LogP contribution < -0.4 is 0 Å². The van der Waals surface area contributed by atoms with Gasteiger partial charge in [0.05, 0.1) is 5.69 Å². The zero-order chi connectivity index (χ0) is 23.2. The number of likely N-dealkylation sites (tertiary alicyclic amines) is 1. The molecule has 1 unspecified atom stereocenters. The van der Waals surface area contributed by atoms with Crippen molar-refractivity contribution in [2.24, 2.45) is 7.05 Å². The predicted molar refractivity (Wildman–Crippen MR) is 126 cm³/mol. The molecule has 1 aliphatic rings. The first-order valence-corrected chi connectivity index (χ1v) is 11.2. The molecule has 6 rings (SSSR count). The number of carbonyl (C=O) groups excluding carboxylic acids is 1. The van der Waals surface area contributed by atoms with Gasteiger partial charge in [-0.25, -0.2) is 0 Å². The van der Waals surface area contributed by atoms with Crippen molar-refractivity contribution >= 4 is 16.8 Å². The second kappa shape index (κ2) is 7.95. The van der Waals surface area contributed by atoms with Gasteiger partial charge in [-0.15, -0.1) is 0 Å². The highest BCUT2D eigenvalue weighted by Gasteiger charge is 2.29. The van der Waals surface area contributed by atoms with Crippen LogP contribution in [0.2, 0.25) is 0 Å². The van der Waals surface area contributed by atoms with Gasteiger partial charge >= 0.3 is 0 Å². The number of hydrogen-bond acceptors (Lipinski definition) is 6. The molecule has 5 heterocycles. The van der Waals surface area contributed by atoms with Crippen LogP contribution in [0.3, 0.4) is 0 Å². The molecule has 1 amide bonds. The molecule has 5 aromatic rings. The molecule has 34 heavy (non-hydrogen) atoms. The number of benzene rings is 1. The van der Waals surface area contributed by atoms with Gasteiger partial charge in [-0.3, -0.25) is 14.5 Å². The Morgan fingerprint density at radius 2 is 2.00 bits per heavy atom. The number of rotatable bonds is 4. The molecule has 0 saturated carbocycles. The van der Waals surface area contributed by atoms with Gasteiger partial charge in [0.2, 0.25) is 0 Å². The lowest BCUT2D eigenvalue weighted by Gasteiger charge is -2.15. The van der Waals surface area contributed by atoms with Gasteiger partial charge in [-0.2, -0.15) is 10.1 Å². The number of H-pyrrole nitrogens is 1. The highest BCUT2D eigenvalue weighted by Crippen LogP contribution is 2.30. The first-order valence-electron chi connectivity index (χ1n) is 11.2. The second-order valence-corrected chi connectivity index (χ2v) is 8.69. The quantitative estimate of drug-likeness (QED) is 0.442. The predicted octanol–water partition coefficient (Wildman–Crippen LogP) is 3.95. The van der Waals surface area contributed by atoms with Crippen molar-refractivity contribution in [3.05, 3.63) is 71.9 Å². The Kier molecular flexibility index (Phi) is 4.75. The summed E-state index contributed by atoms with van der Waals surface area (Å²) in [6.07, 6.45) is 4.55.